The average Bonchev–Trinajstić information content (AvgIpc) is 2.13. The van der Waals surface area contributed by atoms with E-state index in [1.807, 2.05) is 4.90 Å². The molecule has 3 N–H and O–H groups in total. The third-order valence-corrected chi connectivity index (χ3v) is 4.30. The van der Waals surface area contributed by atoms with Gasteiger partial charge in [-0.15, -0.1) is 0 Å². The molecular weight excluding hydrogens is 232 g/mol. The van der Waals surface area contributed by atoms with Crippen molar-refractivity contribution in [1.82, 2.24) is 4.90 Å². The largest absolute Gasteiger partial charge is 0.396 e. The SMILES string of the molecule is NC(=O)CCS(=O)(=O)CCN1CC(CO)C1. The van der Waals surface area contributed by atoms with Gasteiger partial charge in [-0.3, -0.25) is 4.79 Å². The van der Waals surface area contributed by atoms with Crippen LogP contribution in [0.2, 0.25) is 0 Å². The molecule has 0 bridgehead atoms. The number of nitrogens with two attached hydrogens (primary N) is 1. The average molecular weight is 250 g/mol. The highest BCUT2D eigenvalue weighted by Crippen LogP contribution is 2.14. The number of sulfone groups is 1. The number of nitrogens with zero attached hydrogens (tertiary/aromatic N) is 1. The Labute approximate surface area is 95.3 Å². The molecule has 1 aliphatic heterocycles. The first-order valence-electron chi connectivity index (χ1n) is 5.25. The lowest BCUT2D eigenvalue weighted by Gasteiger charge is -2.38. The van der Waals surface area contributed by atoms with Gasteiger partial charge in [0.2, 0.25) is 5.91 Å². The number of primary amides is 1. The van der Waals surface area contributed by atoms with Gasteiger partial charge in [-0.05, 0) is 0 Å². The van der Waals surface area contributed by atoms with Gasteiger partial charge in [0.1, 0.15) is 0 Å². The number of hydrogen-bond donors (Lipinski definition) is 2. The second-order valence-electron chi connectivity index (χ2n) is 4.18. The predicted molar refractivity (Wildman–Crippen MR) is 59.5 cm³/mol. The summed E-state index contributed by atoms with van der Waals surface area (Å²) in [6.45, 7) is 2.13. The molecule has 0 aromatic heterocycles. The van der Waals surface area contributed by atoms with Crippen LogP contribution in [0.5, 0.6) is 0 Å². The fourth-order valence-electron chi connectivity index (χ4n) is 1.60. The van der Waals surface area contributed by atoms with E-state index < -0.39 is 15.7 Å². The number of rotatable bonds is 7. The lowest BCUT2D eigenvalue weighted by atomic mass is 10.0. The van der Waals surface area contributed by atoms with Crippen LogP contribution in [-0.4, -0.2) is 62.1 Å². The molecule has 0 aromatic carbocycles. The number of hydrogen-bond acceptors (Lipinski definition) is 5. The predicted octanol–water partition coefficient (Wildman–Crippen LogP) is -1.80. The summed E-state index contributed by atoms with van der Waals surface area (Å²) in [6, 6.07) is 0. The van der Waals surface area contributed by atoms with Crippen molar-refractivity contribution in [3.63, 3.8) is 0 Å². The molecule has 0 radical (unpaired) electrons. The van der Waals surface area contributed by atoms with Crippen molar-refractivity contribution in [3.05, 3.63) is 0 Å². The standard InChI is InChI=1S/C9H18N2O4S/c10-9(13)1-3-16(14,15)4-2-11-5-8(6-11)7-12/h8,12H,1-7H2,(H2,10,13). The van der Waals surface area contributed by atoms with E-state index in [1.165, 1.54) is 0 Å². The molecule has 0 saturated carbocycles. The second-order valence-corrected chi connectivity index (χ2v) is 6.48. The second kappa shape index (κ2) is 5.60. The summed E-state index contributed by atoms with van der Waals surface area (Å²) in [7, 11) is -3.18. The normalized spacial score (nSPS) is 18.3. The van der Waals surface area contributed by atoms with Crippen LogP contribution >= 0.6 is 0 Å². The Morgan fingerprint density at radius 2 is 2.00 bits per heavy atom. The van der Waals surface area contributed by atoms with Crippen LogP contribution in [0.3, 0.4) is 0 Å². The van der Waals surface area contributed by atoms with Gasteiger partial charge in [-0.25, -0.2) is 8.42 Å². The third kappa shape index (κ3) is 4.46. The number of carbonyl (C=O) groups excluding carboxylic acids is 1. The minimum absolute atomic E-state index is 0.0540. The van der Waals surface area contributed by atoms with E-state index in [1.54, 1.807) is 0 Å². The zero-order valence-corrected chi connectivity index (χ0v) is 9.95. The minimum Gasteiger partial charge on any atom is -0.396 e. The van der Waals surface area contributed by atoms with Crippen LogP contribution in [0.4, 0.5) is 0 Å². The molecule has 7 heteroatoms. The van der Waals surface area contributed by atoms with Gasteiger partial charge in [-0.1, -0.05) is 0 Å². The summed E-state index contributed by atoms with van der Waals surface area (Å²) in [6.07, 6.45) is -0.110. The molecule has 94 valence electrons. The molecule has 1 rings (SSSR count). The summed E-state index contributed by atoms with van der Waals surface area (Å²) in [5, 5.41) is 8.78. The molecule has 1 amide bonds. The third-order valence-electron chi connectivity index (χ3n) is 2.67. The van der Waals surface area contributed by atoms with Crippen LogP contribution in [0, 0.1) is 5.92 Å². The van der Waals surface area contributed by atoms with E-state index in [0.29, 0.717) is 6.54 Å². The van der Waals surface area contributed by atoms with E-state index in [0.717, 1.165) is 13.1 Å². The molecule has 16 heavy (non-hydrogen) atoms. The van der Waals surface area contributed by atoms with E-state index >= 15 is 0 Å². The molecule has 0 unspecified atom stereocenters. The van der Waals surface area contributed by atoms with Crippen molar-refractivity contribution < 1.29 is 18.3 Å². The smallest absolute Gasteiger partial charge is 0.218 e. The van der Waals surface area contributed by atoms with Gasteiger partial charge in [0.25, 0.3) is 0 Å². The number of amides is 1. The zero-order valence-electron chi connectivity index (χ0n) is 9.13. The van der Waals surface area contributed by atoms with Crippen LogP contribution < -0.4 is 5.73 Å². The van der Waals surface area contributed by atoms with E-state index in [9.17, 15) is 13.2 Å². The minimum atomic E-state index is -3.18. The quantitative estimate of drug-likeness (QED) is 0.555. The Bertz CT molecular complexity index is 335. The fourth-order valence-corrected chi connectivity index (χ4v) is 2.85. The summed E-state index contributed by atoms with van der Waals surface area (Å²) >= 11 is 0. The number of aliphatic hydroxyl groups is 1. The lowest BCUT2D eigenvalue weighted by Crippen LogP contribution is -2.49. The Hall–Kier alpha value is -0.660. The monoisotopic (exact) mass is 250 g/mol. The van der Waals surface area contributed by atoms with E-state index in [2.05, 4.69) is 0 Å². The summed E-state index contributed by atoms with van der Waals surface area (Å²) in [5.74, 6) is -0.418. The topological polar surface area (TPSA) is 101 Å². The molecule has 1 aliphatic rings. The van der Waals surface area contributed by atoms with Crippen molar-refractivity contribution in [2.45, 2.75) is 6.42 Å². The van der Waals surface area contributed by atoms with E-state index in [-0.39, 0.29) is 30.5 Å². The van der Waals surface area contributed by atoms with Gasteiger partial charge >= 0.3 is 0 Å². The Morgan fingerprint density at radius 3 is 2.50 bits per heavy atom. The molecule has 0 aromatic rings. The number of aliphatic hydroxyl groups excluding tert-OH is 1. The maximum absolute atomic E-state index is 11.4. The van der Waals surface area contributed by atoms with Gasteiger partial charge in [0.05, 0.1) is 11.5 Å². The molecular formula is C9H18N2O4S. The first-order chi connectivity index (χ1) is 7.43. The van der Waals surface area contributed by atoms with Crippen molar-refractivity contribution in [1.29, 1.82) is 0 Å². The Morgan fingerprint density at radius 1 is 1.38 bits per heavy atom. The van der Waals surface area contributed by atoms with Crippen LogP contribution in [0.1, 0.15) is 6.42 Å². The van der Waals surface area contributed by atoms with Crippen LogP contribution in [-0.2, 0) is 14.6 Å². The summed E-state index contributed by atoms with van der Waals surface area (Å²) in [4.78, 5) is 12.4. The molecule has 0 aliphatic carbocycles. The van der Waals surface area contributed by atoms with Crippen molar-refractivity contribution >= 4 is 15.7 Å². The Kier molecular flexibility index (Phi) is 4.69. The lowest BCUT2D eigenvalue weighted by molar-refractivity contribution is -0.117. The summed E-state index contributed by atoms with van der Waals surface area (Å²) < 4.78 is 22.9. The van der Waals surface area contributed by atoms with Gasteiger partial charge in [-0.2, -0.15) is 0 Å². The summed E-state index contributed by atoms with van der Waals surface area (Å²) in [5.41, 5.74) is 4.89. The molecule has 6 nitrogen and oxygen atoms in total. The highest BCUT2D eigenvalue weighted by atomic mass is 32.2. The van der Waals surface area contributed by atoms with Gasteiger partial charge in [0.15, 0.2) is 9.84 Å². The van der Waals surface area contributed by atoms with Crippen molar-refractivity contribution in [3.8, 4) is 0 Å². The maximum Gasteiger partial charge on any atom is 0.218 e. The molecule has 1 fully saturated rings. The van der Waals surface area contributed by atoms with Crippen LogP contribution in [0.25, 0.3) is 0 Å². The van der Waals surface area contributed by atoms with Gasteiger partial charge in [0, 0.05) is 38.6 Å². The first-order valence-corrected chi connectivity index (χ1v) is 7.07. The van der Waals surface area contributed by atoms with Crippen LogP contribution in [0.15, 0.2) is 0 Å². The van der Waals surface area contributed by atoms with Crippen molar-refractivity contribution in [2.75, 3.05) is 37.7 Å². The molecule has 0 atom stereocenters. The zero-order chi connectivity index (χ0) is 12.2. The highest BCUT2D eigenvalue weighted by Gasteiger charge is 2.26. The molecule has 1 heterocycles. The Balaban J connectivity index is 2.19. The van der Waals surface area contributed by atoms with Crippen molar-refractivity contribution in [2.24, 2.45) is 11.7 Å². The molecule has 1 saturated heterocycles. The fraction of sp³-hybridized carbons (Fsp3) is 0.889. The number of likely N-dealkylation sites (tertiary alicyclic amines) is 1. The highest BCUT2D eigenvalue weighted by molar-refractivity contribution is 7.91. The number of carbonyl (C=O) groups is 1. The van der Waals surface area contributed by atoms with E-state index in [4.69, 9.17) is 10.8 Å². The molecule has 0 spiro atoms. The first kappa shape index (κ1) is 13.4. The maximum atomic E-state index is 11.4. The van der Waals surface area contributed by atoms with Gasteiger partial charge < -0.3 is 15.7 Å².